The van der Waals surface area contributed by atoms with E-state index in [1.807, 2.05) is 30.3 Å². The Bertz CT molecular complexity index is 1080. The van der Waals surface area contributed by atoms with Gasteiger partial charge in [-0.3, -0.25) is 0 Å². The molecule has 0 fully saturated rings. The zero-order chi connectivity index (χ0) is 20.9. The number of para-hydroxylation sites is 3. The zero-order valence-corrected chi connectivity index (χ0v) is 18.1. The first-order valence-corrected chi connectivity index (χ1v) is 10.8. The molecule has 0 aliphatic heterocycles. The molecule has 30 heavy (non-hydrogen) atoms. The van der Waals surface area contributed by atoms with Crippen molar-refractivity contribution < 1.29 is 4.74 Å². The van der Waals surface area contributed by atoms with Crippen LogP contribution in [-0.2, 0) is 13.0 Å². The Balaban J connectivity index is 1.58. The van der Waals surface area contributed by atoms with E-state index in [9.17, 15) is 0 Å². The number of nitrogens with zero attached hydrogens (tertiary/aromatic N) is 2. The van der Waals surface area contributed by atoms with E-state index >= 15 is 0 Å². The smallest absolute Gasteiger partial charge is 0.119 e. The van der Waals surface area contributed by atoms with E-state index in [1.54, 1.807) is 0 Å². The second-order valence-electron chi connectivity index (χ2n) is 8.33. The van der Waals surface area contributed by atoms with Gasteiger partial charge < -0.3 is 9.30 Å². The topological polar surface area (TPSA) is 27.1 Å². The molecule has 154 valence electrons. The van der Waals surface area contributed by atoms with E-state index in [-0.39, 0.29) is 5.92 Å². The molecule has 0 aliphatic carbocycles. The number of ether oxygens (including phenoxy) is 1. The third kappa shape index (κ3) is 4.56. The fourth-order valence-corrected chi connectivity index (χ4v) is 3.99. The van der Waals surface area contributed by atoms with Gasteiger partial charge in [0, 0.05) is 5.92 Å². The molecule has 4 aromatic rings. The Kier molecular flexibility index (Phi) is 6.18. The highest BCUT2D eigenvalue weighted by molar-refractivity contribution is 5.76. The minimum atomic E-state index is 0.210. The molecule has 0 saturated heterocycles. The summed E-state index contributed by atoms with van der Waals surface area (Å²) < 4.78 is 8.28. The van der Waals surface area contributed by atoms with Gasteiger partial charge in [0.25, 0.3) is 0 Å². The average Bonchev–Trinajstić information content (AvgIpc) is 3.13. The van der Waals surface area contributed by atoms with Gasteiger partial charge in [0.2, 0.25) is 0 Å². The van der Waals surface area contributed by atoms with E-state index < -0.39 is 0 Å². The molecule has 1 aromatic heterocycles. The molecule has 0 bridgehead atoms. The number of rotatable bonds is 8. The van der Waals surface area contributed by atoms with Gasteiger partial charge >= 0.3 is 0 Å². The average molecular weight is 399 g/mol. The lowest BCUT2D eigenvalue weighted by molar-refractivity contribution is 0.298. The summed E-state index contributed by atoms with van der Waals surface area (Å²) in [5.41, 5.74) is 4.89. The van der Waals surface area contributed by atoms with Crippen molar-refractivity contribution in [1.29, 1.82) is 0 Å². The Morgan fingerprint density at radius 3 is 2.27 bits per heavy atom. The highest BCUT2D eigenvalue weighted by atomic mass is 16.5. The van der Waals surface area contributed by atoms with Crippen molar-refractivity contribution in [3.63, 3.8) is 0 Å². The summed E-state index contributed by atoms with van der Waals surface area (Å²) >= 11 is 0. The highest BCUT2D eigenvalue weighted by Crippen LogP contribution is 2.28. The van der Waals surface area contributed by atoms with Gasteiger partial charge in [-0.15, -0.1) is 0 Å². The molecule has 3 aromatic carbocycles. The first-order valence-electron chi connectivity index (χ1n) is 10.8. The fraction of sp³-hybridized carbons (Fsp3) is 0.296. The van der Waals surface area contributed by atoms with Crippen LogP contribution in [0.3, 0.4) is 0 Å². The van der Waals surface area contributed by atoms with Gasteiger partial charge in [-0.25, -0.2) is 4.98 Å². The van der Waals surface area contributed by atoms with E-state index in [1.165, 1.54) is 11.1 Å². The fourth-order valence-electron chi connectivity index (χ4n) is 3.99. The lowest BCUT2D eigenvalue weighted by Crippen LogP contribution is -2.13. The van der Waals surface area contributed by atoms with Gasteiger partial charge in [0.1, 0.15) is 18.2 Å². The largest absolute Gasteiger partial charge is 0.492 e. The van der Waals surface area contributed by atoms with E-state index in [4.69, 9.17) is 9.72 Å². The number of hydrogen-bond acceptors (Lipinski definition) is 2. The third-order valence-electron chi connectivity index (χ3n) is 5.52. The summed E-state index contributed by atoms with van der Waals surface area (Å²) in [7, 11) is 0. The first-order chi connectivity index (χ1) is 14.6. The Labute approximate surface area is 179 Å². The van der Waals surface area contributed by atoms with Crippen LogP contribution in [0.15, 0.2) is 78.9 Å². The highest BCUT2D eigenvalue weighted by Gasteiger charge is 2.18. The van der Waals surface area contributed by atoms with Crippen molar-refractivity contribution in [2.45, 2.75) is 39.7 Å². The van der Waals surface area contributed by atoms with Crippen LogP contribution >= 0.6 is 0 Å². The third-order valence-corrected chi connectivity index (χ3v) is 5.52. The molecule has 0 radical (unpaired) electrons. The maximum absolute atomic E-state index is 5.97. The summed E-state index contributed by atoms with van der Waals surface area (Å²) in [5.74, 6) is 2.87. The van der Waals surface area contributed by atoms with E-state index in [0.717, 1.165) is 35.6 Å². The van der Waals surface area contributed by atoms with Gasteiger partial charge in [-0.2, -0.15) is 0 Å². The van der Waals surface area contributed by atoms with Crippen molar-refractivity contribution in [3.8, 4) is 5.75 Å². The lowest BCUT2D eigenvalue weighted by Gasteiger charge is -2.16. The Morgan fingerprint density at radius 1 is 0.833 bits per heavy atom. The standard InChI is InChI=1S/C27H30N2O/c1-20(2)19-22-13-15-23(16-14-22)21(3)27-28-25-11-7-8-12-26(25)29(27)17-18-30-24-9-5-4-6-10-24/h4-16,20-21H,17-19H2,1-3H3/t21-/m0/s1. The summed E-state index contributed by atoms with van der Waals surface area (Å²) in [4.78, 5) is 4.99. The molecule has 0 saturated carbocycles. The van der Waals surface area contributed by atoms with Crippen molar-refractivity contribution in [2.24, 2.45) is 5.92 Å². The van der Waals surface area contributed by atoms with E-state index in [2.05, 4.69) is 73.9 Å². The van der Waals surface area contributed by atoms with E-state index in [0.29, 0.717) is 12.5 Å². The van der Waals surface area contributed by atoms with Gasteiger partial charge in [0.15, 0.2) is 0 Å². The normalized spacial score (nSPS) is 12.4. The quantitative estimate of drug-likeness (QED) is 0.340. The lowest BCUT2D eigenvalue weighted by atomic mass is 9.96. The molecule has 0 amide bonds. The molecule has 0 spiro atoms. The SMILES string of the molecule is CC(C)Cc1ccc([C@H](C)c2nc3ccccc3n2CCOc2ccccc2)cc1. The number of imidazole rings is 1. The number of hydrogen-bond donors (Lipinski definition) is 0. The molecule has 1 heterocycles. The van der Waals surface area contributed by atoms with Crippen LogP contribution in [-0.4, -0.2) is 16.2 Å². The minimum Gasteiger partial charge on any atom is -0.492 e. The zero-order valence-electron chi connectivity index (χ0n) is 18.1. The van der Waals surface area contributed by atoms with Crippen molar-refractivity contribution >= 4 is 11.0 Å². The molecule has 1 atom stereocenters. The van der Waals surface area contributed by atoms with Crippen LogP contribution in [0.1, 0.15) is 43.6 Å². The molecule has 0 N–H and O–H groups in total. The second-order valence-corrected chi connectivity index (χ2v) is 8.33. The van der Waals surface area contributed by atoms with Crippen molar-refractivity contribution in [2.75, 3.05) is 6.61 Å². The van der Waals surface area contributed by atoms with Crippen LogP contribution in [0.5, 0.6) is 5.75 Å². The Hall–Kier alpha value is -3.07. The summed E-state index contributed by atoms with van der Waals surface area (Å²) in [6.45, 7) is 8.14. The van der Waals surface area contributed by atoms with Crippen LogP contribution in [0, 0.1) is 5.92 Å². The van der Waals surface area contributed by atoms with Crippen LogP contribution in [0.25, 0.3) is 11.0 Å². The van der Waals surface area contributed by atoms with Crippen LogP contribution in [0.2, 0.25) is 0 Å². The van der Waals surface area contributed by atoms with Gasteiger partial charge in [-0.1, -0.05) is 75.4 Å². The molecule has 3 heteroatoms. The summed E-state index contributed by atoms with van der Waals surface area (Å²) in [5, 5.41) is 0. The molecular formula is C27H30N2O. The molecule has 3 nitrogen and oxygen atoms in total. The predicted molar refractivity (Wildman–Crippen MR) is 124 cm³/mol. The number of aromatic nitrogens is 2. The molecule has 4 rings (SSSR count). The van der Waals surface area contributed by atoms with Crippen molar-refractivity contribution in [3.05, 3.63) is 95.8 Å². The Morgan fingerprint density at radius 2 is 1.53 bits per heavy atom. The maximum atomic E-state index is 5.97. The molecular weight excluding hydrogens is 368 g/mol. The maximum Gasteiger partial charge on any atom is 0.119 e. The second kappa shape index (κ2) is 9.17. The van der Waals surface area contributed by atoms with Crippen LogP contribution < -0.4 is 4.74 Å². The first kappa shape index (κ1) is 20.2. The summed E-state index contributed by atoms with van der Waals surface area (Å²) in [6, 6.07) is 27.4. The minimum absolute atomic E-state index is 0.210. The van der Waals surface area contributed by atoms with Crippen molar-refractivity contribution in [1.82, 2.24) is 9.55 Å². The molecule has 0 unspecified atom stereocenters. The van der Waals surface area contributed by atoms with Gasteiger partial charge in [-0.05, 0) is 47.7 Å². The van der Waals surface area contributed by atoms with Crippen LogP contribution in [0.4, 0.5) is 0 Å². The molecule has 0 aliphatic rings. The predicted octanol–water partition coefficient (Wildman–Crippen LogP) is 6.47. The summed E-state index contributed by atoms with van der Waals surface area (Å²) in [6.07, 6.45) is 1.12. The number of fused-ring (bicyclic) bond motifs is 1. The van der Waals surface area contributed by atoms with Gasteiger partial charge in [0.05, 0.1) is 17.6 Å². The monoisotopic (exact) mass is 398 g/mol. The number of benzene rings is 3.